The Hall–Kier alpha value is -1.06. The van der Waals surface area contributed by atoms with Crippen molar-refractivity contribution in [2.75, 3.05) is 21.2 Å². The van der Waals surface area contributed by atoms with Crippen molar-refractivity contribution in [2.45, 2.75) is 57.5 Å². The van der Waals surface area contributed by atoms with E-state index in [0.717, 1.165) is 24.2 Å². The highest BCUT2D eigenvalue weighted by Gasteiger charge is 2.41. The number of benzene rings is 1. The monoisotopic (exact) mass is 290 g/mol. The quantitative estimate of drug-likeness (QED) is 0.921. The van der Waals surface area contributed by atoms with Crippen molar-refractivity contribution in [3.05, 3.63) is 28.8 Å². The molecule has 21 heavy (non-hydrogen) atoms. The van der Waals surface area contributed by atoms with E-state index < -0.39 is 0 Å². The smallest absolute Gasteiger partial charge is 0.126 e. The second-order valence-electron chi connectivity index (χ2n) is 6.67. The van der Waals surface area contributed by atoms with Crippen LogP contribution in [0.4, 0.5) is 0 Å². The molecule has 1 aromatic rings. The van der Waals surface area contributed by atoms with Gasteiger partial charge in [0.1, 0.15) is 5.75 Å². The lowest BCUT2D eigenvalue weighted by atomic mass is 9.73. The van der Waals surface area contributed by atoms with Crippen LogP contribution >= 0.6 is 0 Å². The number of hydrogen-bond donors (Lipinski definition) is 1. The average Bonchev–Trinajstić information content (AvgIpc) is 2.49. The van der Waals surface area contributed by atoms with Gasteiger partial charge in [-0.05, 0) is 51.9 Å². The van der Waals surface area contributed by atoms with E-state index in [9.17, 15) is 0 Å². The standard InChI is InChI=1S/C18H30N2O/c1-13-9-10-15(16(21-5)14(13)2)17(19)18(20(3)4)11-7-6-8-12-18/h9-10,17H,6-8,11-12,19H2,1-5H3. The maximum absolute atomic E-state index is 6.78. The van der Waals surface area contributed by atoms with E-state index in [2.05, 4.69) is 45.0 Å². The van der Waals surface area contributed by atoms with Crippen molar-refractivity contribution >= 4 is 0 Å². The number of methoxy groups -OCH3 is 1. The summed E-state index contributed by atoms with van der Waals surface area (Å²) in [5, 5.41) is 0. The third-order valence-electron chi connectivity index (χ3n) is 5.44. The first-order valence-electron chi connectivity index (χ1n) is 8.01. The van der Waals surface area contributed by atoms with Crippen molar-refractivity contribution in [1.29, 1.82) is 0 Å². The van der Waals surface area contributed by atoms with Crippen LogP contribution in [0.1, 0.15) is 54.8 Å². The second kappa shape index (κ2) is 6.37. The molecule has 1 atom stereocenters. The first-order valence-corrected chi connectivity index (χ1v) is 8.01. The van der Waals surface area contributed by atoms with Crippen molar-refractivity contribution < 1.29 is 4.74 Å². The summed E-state index contributed by atoms with van der Waals surface area (Å²) in [6, 6.07) is 4.31. The molecular weight excluding hydrogens is 260 g/mol. The zero-order valence-electron chi connectivity index (χ0n) is 14.2. The summed E-state index contributed by atoms with van der Waals surface area (Å²) in [6.07, 6.45) is 6.18. The fourth-order valence-corrected chi connectivity index (χ4v) is 3.82. The first-order chi connectivity index (χ1) is 9.94. The van der Waals surface area contributed by atoms with E-state index in [1.807, 2.05) is 0 Å². The number of hydrogen-bond acceptors (Lipinski definition) is 3. The van der Waals surface area contributed by atoms with Crippen molar-refractivity contribution in [1.82, 2.24) is 4.90 Å². The third kappa shape index (κ3) is 2.82. The third-order valence-corrected chi connectivity index (χ3v) is 5.44. The van der Waals surface area contributed by atoms with Gasteiger partial charge in [-0.3, -0.25) is 0 Å². The Morgan fingerprint density at radius 1 is 1.14 bits per heavy atom. The van der Waals surface area contributed by atoms with Gasteiger partial charge in [0.25, 0.3) is 0 Å². The lowest BCUT2D eigenvalue weighted by Gasteiger charge is -2.47. The lowest BCUT2D eigenvalue weighted by Crippen LogP contribution is -2.53. The fraction of sp³-hybridized carbons (Fsp3) is 0.667. The predicted molar refractivity (Wildman–Crippen MR) is 88.9 cm³/mol. The summed E-state index contributed by atoms with van der Waals surface area (Å²) < 4.78 is 5.70. The highest BCUT2D eigenvalue weighted by molar-refractivity contribution is 5.47. The fourth-order valence-electron chi connectivity index (χ4n) is 3.82. The summed E-state index contributed by atoms with van der Waals surface area (Å²) in [5.41, 5.74) is 10.4. The summed E-state index contributed by atoms with van der Waals surface area (Å²) in [5.74, 6) is 0.967. The molecule has 0 radical (unpaired) electrons. The molecule has 0 heterocycles. The molecule has 0 spiro atoms. The van der Waals surface area contributed by atoms with Crippen LogP contribution in [-0.2, 0) is 0 Å². The number of nitrogens with two attached hydrogens (primary N) is 1. The van der Waals surface area contributed by atoms with Gasteiger partial charge in [-0.15, -0.1) is 0 Å². The Kier molecular flexibility index (Phi) is 4.95. The van der Waals surface area contributed by atoms with Gasteiger partial charge in [0, 0.05) is 11.1 Å². The largest absolute Gasteiger partial charge is 0.496 e. The van der Waals surface area contributed by atoms with Gasteiger partial charge in [-0.25, -0.2) is 0 Å². The Balaban J connectivity index is 2.46. The SMILES string of the molecule is COc1c(C(N)C2(N(C)C)CCCCC2)ccc(C)c1C. The van der Waals surface area contributed by atoms with Crippen LogP contribution < -0.4 is 10.5 Å². The Bertz CT molecular complexity index is 490. The van der Waals surface area contributed by atoms with Crippen LogP contribution in [0.3, 0.4) is 0 Å². The van der Waals surface area contributed by atoms with Gasteiger partial charge < -0.3 is 15.4 Å². The summed E-state index contributed by atoms with van der Waals surface area (Å²) in [7, 11) is 6.08. The number of aryl methyl sites for hydroxylation is 1. The van der Waals surface area contributed by atoms with E-state index in [0.29, 0.717) is 0 Å². The molecule has 3 nitrogen and oxygen atoms in total. The van der Waals surface area contributed by atoms with Gasteiger partial charge in [0.2, 0.25) is 0 Å². The van der Waals surface area contributed by atoms with E-state index in [4.69, 9.17) is 10.5 Å². The molecule has 0 bridgehead atoms. The number of likely N-dealkylation sites (N-methyl/N-ethyl adjacent to an activating group) is 1. The molecule has 1 unspecified atom stereocenters. The molecule has 2 N–H and O–H groups in total. The van der Waals surface area contributed by atoms with E-state index in [1.54, 1.807) is 7.11 Å². The minimum absolute atomic E-state index is 0.0120. The van der Waals surface area contributed by atoms with Gasteiger partial charge in [0.15, 0.2) is 0 Å². The molecular formula is C18H30N2O. The van der Waals surface area contributed by atoms with Crippen LogP contribution in [0, 0.1) is 13.8 Å². The van der Waals surface area contributed by atoms with Crippen LogP contribution in [0.2, 0.25) is 0 Å². The van der Waals surface area contributed by atoms with Gasteiger partial charge in [-0.2, -0.15) is 0 Å². The molecule has 0 aliphatic heterocycles. The van der Waals surface area contributed by atoms with Crippen LogP contribution in [0.15, 0.2) is 12.1 Å². The molecule has 118 valence electrons. The van der Waals surface area contributed by atoms with Gasteiger partial charge in [-0.1, -0.05) is 31.4 Å². The molecule has 1 fully saturated rings. The first kappa shape index (κ1) is 16.3. The van der Waals surface area contributed by atoms with E-state index >= 15 is 0 Å². The van der Waals surface area contributed by atoms with Crippen LogP contribution in [-0.4, -0.2) is 31.6 Å². The highest BCUT2D eigenvalue weighted by Crippen LogP contribution is 2.43. The minimum atomic E-state index is -0.0120. The van der Waals surface area contributed by atoms with Gasteiger partial charge >= 0.3 is 0 Å². The molecule has 2 rings (SSSR count). The Labute approximate surface area is 129 Å². The molecule has 1 saturated carbocycles. The van der Waals surface area contributed by atoms with Crippen molar-refractivity contribution in [3.63, 3.8) is 0 Å². The minimum Gasteiger partial charge on any atom is -0.496 e. The Morgan fingerprint density at radius 2 is 1.76 bits per heavy atom. The second-order valence-corrected chi connectivity index (χ2v) is 6.67. The number of ether oxygens (including phenoxy) is 1. The number of rotatable bonds is 4. The topological polar surface area (TPSA) is 38.5 Å². The van der Waals surface area contributed by atoms with Crippen molar-refractivity contribution in [2.24, 2.45) is 5.73 Å². The maximum Gasteiger partial charge on any atom is 0.126 e. The predicted octanol–water partition coefficient (Wildman–Crippen LogP) is 3.58. The molecule has 0 amide bonds. The molecule has 1 aliphatic rings. The van der Waals surface area contributed by atoms with Crippen LogP contribution in [0.5, 0.6) is 5.75 Å². The molecule has 1 aliphatic carbocycles. The molecule has 0 aromatic heterocycles. The van der Waals surface area contributed by atoms with Crippen molar-refractivity contribution in [3.8, 4) is 5.75 Å². The molecule has 0 saturated heterocycles. The molecule has 3 heteroatoms. The highest BCUT2D eigenvalue weighted by atomic mass is 16.5. The molecule has 1 aromatic carbocycles. The summed E-state index contributed by atoms with van der Waals surface area (Å²) in [4.78, 5) is 2.34. The summed E-state index contributed by atoms with van der Waals surface area (Å²) >= 11 is 0. The van der Waals surface area contributed by atoms with Gasteiger partial charge in [0.05, 0.1) is 13.2 Å². The zero-order chi connectivity index (χ0) is 15.6. The van der Waals surface area contributed by atoms with E-state index in [-0.39, 0.29) is 11.6 Å². The van der Waals surface area contributed by atoms with Crippen LogP contribution in [0.25, 0.3) is 0 Å². The Morgan fingerprint density at radius 3 is 2.29 bits per heavy atom. The number of nitrogens with zero attached hydrogens (tertiary/aromatic N) is 1. The maximum atomic E-state index is 6.78. The zero-order valence-corrected chi connectivity index (χ0v) is 14.2. The average molecular weight is 290 g/mol. The normalized spacial score (nSPS) is 19.6. The van der Waals surface area contributed by atoms with E-state index in [1.165, 1.54) is 30.4 Å². The lowest BCUT2D eigenvalue weighted by molar-refractivity contribution is 0.0704. The summed E-state index contributed by atoms with van der Waals surface area (Å²) in [6.45, 7) is 4.24.